The lowest BCUT2D eigenvalue weighted by Crippen LogP contribution is -2.51. The molecule has 0 bridgehead atoms. The van der Waals surface area contributed by atoms with Crippen LogP contribution in [0.4, 0.5) is 4.39 Å². The Balaban J connectivity index is 0.00000338. The van der Waals surface area contributed by atoms with Gasteiger partial charge < -0.3 is 20.3 Å². The summed E-state index contributed by atoms with van der Waals surface area (Å²) in [6.45, 7) is 8.66. The maximum Gasteiger partial charge on any atom is 0.216 e. The standard InChI is InChI=1S/C18H27FN4O2.HI/c1-4-20-18(22-10-9-21-14(3)24)23-11-13(2)25-17(12-23)15-5-7-16(19)8-6-15;/h5-8,13,17H,4,9-12H2,1-3H3,(H,20,22)(H,21,24);1H. The van der Waals surface area contributed by atoms with Crippen molar-refractivity contribution in [3.05, 3.63) is 35.6 Å². The monoisotopic (exact) mass is 478 g/mol. The lowest BCUT2D eigenvalue weighted by Gasteiger charge is -2.38. The minimum Gasteiger partial charge on any atom is -0.367 e. The molecule has 1 aromatic rings. The number of nitrogens with zero attached hydrogens (tertiary/aromatic N) is 2. The Kier molecular flexibility index (Phi) is 9.85. The summed E-state index contributed by atoms with van der Waals surface area (Å²) in [6.07, 6.45) is -0.105. The van der Waals surface area contributed by atoms with Gasteiger partial charge in [0.15, 0.2) is 5.96 Å². The molecule has 2 rings (SSSR count). The summed E-state index contributed by atoms with van der Waals surface area (Å²) in [5.41, 5.74) is 0.951. The summed E-state index contributed by atoms with van der Waals surface area (Å²) in [7, 11) is 0. The predicted molar refractivity (Wildman–Crippen MR) is 111 cm³/mol. The van der Waals surface area contributed by atoms with Crippen LogP contribution < -0.4 is 10.6 Å². The third kappa shape index (κ3) is 7.06. The molecule has 146 valence electrons. The molecule has 2 unspecified atom stereocenters. The van der Waals surface area contributed by atoms with Gasteiger partial charge >= 0.3 is 0 Å². The van der Waals surface area contributed by atoms with Gasteiger partial charge in [0.05, 0.1) is 19.2 Å². The number of rotatable bonds is 5. The van der Waals surface area contributed by atoms with E-state index in [0.29, 0.717) is 19.6 Å². The van der Waals surface area contributed by atoms with E-state index in [-0.39, 0.29) is 47.9 Å². The molecule has 1 amide bonds. The zero-order valence-corrected chi connectivity index (χ0v) is 17.8. The van der Waals surface area contributed by atoms with Crippen LogP contribution in [0.5, 0.6) is 0 Å². The second kappa shape index (κ2) is 11.3. The molecule has 1 heterocycles. The topological polar surface area (TPSA) is 66.0 Å². The van der Waals surface area contributed by atoms with Crippen LogP contribution in [0.1, 0.15) is 32.4 Å². The van der Waals surface area contributed by atoms with Crippen molar-refractivity contribution in [2.75, 3.05) is 32.7 Å². The highest BCUT2D eigenvalue weighted by molar-refractivity contribution is 14.0. The van der Waals surface area contributed by atoms with E-state index in [4.69, 9.17) is 4.74 Å². The number of ether oxygens (including phenoxy) is 1. The Labute approximate surface area is 171 Å². The van der Waals surface area contributed by atoms with Crippen molar-refractivity contribution in [2.24, 2.45) is 4.99 Å². The highest BCUT2D eigenvalue weighted by Crippen LogP contribution is 2.25. The van der Waals surface area contributed by atoms with Gasteiger partial charge in [-0.25, -0.2) is 4.39 Å². The fourth-order valence-corrected chi connectivity index (χ4v) is 2.81. The molecule has 6 nitrogen and oxygen atoms in total. The number of carbonyl (C=O) groups is 1. The van der Waals surface area contributed by atoms with Gasteiger partial charge in [0.25, 0.3) is 0 Å². The average Bonchev–Trinajstić information content (AvgIpc) is 2.57. The van der Waals surface area contributed by atoms with Crippen LogP contribution in [0.15, 0.2) is 29.3 Å². The van der Waals surface area contributed by atoms with Gasteiger partial charge in [-0.3, -0.25) is 9.79 Å². The van der Waals surface area contributed by atoms with Gasteiger partial charge in [-0.2, -0.15) is 0 Å². The third-order valence-electron chi connectivity index (χ3n) is 3.88. The first-order valence-corrected chi connectivity index (χ1v) is 8.68. The Morgan fingerprint density at radius 3 is 2.62 bits per heavy atom. The van der Waals surface area contributed by atoms with E-state index in [1.807, 2.05) is 13.8 Å². The van der Waals surface area contributed by atoms with Crippen molar-refractivity contribution in [3.8, 4) is 0 Å². The molecule has 1 aromatic carbocycles. The summed E-state index contributed by atoms with van der Waals surface area (Å²) in [4.78, 5) is 17.7. The predicted octanol–water partition coefficient (Wildman–Crippen LogP) is 2.31. The van der Waals surface area contributed by atoms with E-state index in [0.717, 1.165) is 24.6 Å². The highest BCUT2D eigenvalue weighted by atomic mass is 127. The number of morpholine rings is 1. The number of aliphatic imine (C=N–C) groups is 1. The maximum absolute atomic E-state index is 13.2. The number of amides is 1. The Morgan fingerprint density at radius 2 is 2.00 bits per heavy atom. The summed E-state index contributed by atoms with van der Waals surface area (Å²) >= 11 is 0. The number of carbonyl (C=O) groups excluding carboxylic acids is 1. The molecule has 1 aliphatic heterocycles. The summed E-state index contributed by atoms with van der Waals surface area (Å²) in [5.74, 6) is 0.490. The lowest BCUT2D eigenvalue weighted by atomic mass is 10.1. The van der Waals surface area contributed by atoms with Crippen LogP contribution in [0.25, 0.3) is 0 Å². The molecule has 0 spiro atoms. The summed E-state index contributed by atoms with van der Waals surface area (Å²) in [5, 5.41) is 6.03. The van der Waals surface area contributed by atoms with Crippen molar-refractivity contribution in [1.29, 1.82) is 0 Å². The molecule has 26 heavy (non-hydrogen) atoms. The van der Waals surface area contributed by atoms with Gasteiger partial charge in [0.1, 0.15) is 11.9 Å². The number of hydrogen-bond acceptors (Lipinski definition) is 3. The average molecular weight is 478 g/mol. The normalized spacial score (nSPS) is 20.3. The summed E-state index contributed by atoms with van der Waals surface area (Å²) in [6, 6.07) is 6.43. The van der Waals surface area contributed by atoms with E-state index < -0.39 is 0 Å². The lowest BCUT2D eigenvalue weighted by molar-refractivity contribution is -0.118. The van der Waals surface area contributed by atoms with Crippen molar-refractivity contribution >= 4 is 35.8 Å². The van der Waals surface area contributed by atoms with Crippen LogP contribution >= 0.6 is 24.0 Å². The fraction of sp³-hybridized carbons (Fsp3) is 0.556. The highest BCUT2D eigenvalue weighted by Gasteiger charge is 2.28. The van der Waals surface area contributed by atoms with Crippen molar-refractivity contribution in [2.45, 2.75) is 33.0 Å². The molecule has 2 atom stereocenters. The molecule has 2 N–H and O–H groups in total. The first-order valence-electron chi connectivity index (χ1n) is 8.68. The second-order valence-corrected chi connectivity index (χ2v) is 6.11. The van der Waals surface area contributed by atoms with Crippen molar-refractivity contribution in [1.82, 2.24) is 15.5 Å². The number of halogens is 2. The first kappa shape index (κ1) is 22.6. The van der Waals surface area contributed by atoms with E-state index in [2.05, 4.69) is 20.5 Å². The second-order valence-electron chi connectivity index (χ2n) is 6.11. The first-order chi connectivity index (χ1) is 12.0. The molecule has 1 aliphatic rings. The molecule has 0 aromatic heterocycles. The quantitative estimate of drug-likeness (QED) is 0.295. The molecular formula is C18H28FIN4O2. The van der Waals surface area contributed by atoms with Gasteiger partial charge in [-0.05, 0) is 31.5 Å². The molecule has 1 fully saturated rings. The number of hydrogen-bond donors (Lipinski definition) is 2. The minimum absolute atomic E-state index is 0. The maximum atomic E-state index is 13.2. The zero-order valence-electron chi connectivity index (χ0n) is 15.5. The van der Waals surface area contributed by atoms with Crippen LogP contribution in [0.2, 0.25) is 0 Å². The van der Waals surface area contributed by atoms with E-state index in [1.165, 1.54) is 19.1 Å². The zero-order chi connectivity index (χ0) is 18.2. The molecule has 0 aliphatic carbocycles. The Morgan fingerprint density at radius 1 is 1.31 bits per heavy atom. The summed E-state index contributed by atoms with van der Waals surface area (Å²) < 4.78 is 19.2. The Bertz CT molecular complexity index is 597. The molecule has 8 heteroatoms. The van der Waals surface area contributed by atoms with Gasteiger partial charge in [-0.15, -0.1) is 24.0 Å². The third-order valence-corrected chi connectivity index (χ3v) is 3.88. The number of guanidine groups is 1. The Hall–Kier alpha value is -1.42. The SMILES string of the molecule is CCNC(=NCCNC(C)=O)N1CC(C)OC(c2ccc(F)cc2)C1.I. The smallest absolute Gasteiger partial charge is 0.216 e. The molecule has 0 saturated carbocycles. The number of benzene rings is 1. The van der Waals surface area contributed by atoms with Gasteiger partial charge in [0, 0.05) is 26.6 Å². The van der Waals surface area contributed by atoms with Crippen LogP contribution in [0.3, 0.4) is 0 Å². The van der Waals surface area contributed by atoms with E-state index in [1.54, 1.807) is 12.1 Å². The van der Waals surface area contributed by atoms with Crippen LogP contribution in [0, 0.1) is 5.82 Å². The van der Waals surface area contributed by atoms with Crippen molar-refractivity contribution < 1.29 is 13.9 Å². The molecular weight excluding hydrogens is 450 g/mol. The van der Waals surface area contributed by atoms with Crippen LogP contribution in [-0.4, -0.2) is 55.6 Å². The molecule has 1 saturated heterocycles. The van der Waals surface area contributed by atoms with E-state index in [9.17, 15) is 9.18 Å². The van der Waals surface area contributed by atoms with Gasteiger partial charge in [0.2, 0.25) is 5.91 Å². The van der Waals surface area contributed by atoms with Crippen molar-refractivity contribution in [3.63, 3.8) is 0 Å². The number of nitrogens with one attached hydrogen (secondary N) is 2. The fourth-order valence-electron chi connectivity index (χ4n) is 2.81. The largest absolute Gasteiger partial charge is 0.367 e. The van der Waals surface area contributed by atoms with Gasteiger partial charge in [-0.1, -0.05) is 12.1 Å². The molecule has 0 radical (unpaired) electrons. The van der Waals surface area contributed by atoms with E-state index >= 15 is 0 Å². The van der Waals surface area contributed by atoms with Crippen LogP contribution in [-0.2, 0) is 9.53 Å². The minimum atomic E-state index is -0.252.